The summed E-state index contributed by atoms with van der Waals surface area (Å²) >= 11 is 0. The first-order chi connectivity index (χ1) is 8.74. The summed E-state index contributed by atoms with van der Waals surface area (Å²) in [6, 6.07) is 10.6. The lowest BCUT2D eigenvalue weighted by Gasteiger charge is -2.41. The summed E-state index contributed by atoms with van der Waals surface area (Å²) in [7, 11) is 4.14. The second kappa shape index (κ2) is 5.85. The molecule has 0 amide bonds. The lowest BCUT2D eigenvalue weighted by molar-refractivity contribution is 0.265. The van der Waals surface area contributed by atoms with Gasteiger partial charge in [0.25, 0.3) is 0 Å². The predicted molar refractivity (Wildman–Crippen MR) is 73.7 cm³/mol. The quantitative estimate of drug-likeness (QED) is 0.858. The van der Waals surface area contributed by atoms with Crippen molar-refractivity contribution < 1.29 is 0 Å². The van der Waals surface area contributed by atoms with E-state index in [0.717, 1.165) is 37.4 Å². The fourth-order valence-corrected chi connectivity index (χ4v) is 2.52. The summed E-state index contributed by atoms with van der Waals surface area (Å²) in [5, 5.41) is 12.2. The average Bonchev–Trinajstić information content (AvgIpc) is 2.39. The van der Waals surface area contributed by atoms with Crippen molar-refractivity contribution in [1.29, 1.82) is 5.26 Å². The molecule has 4 nitrogen and oxygen atoms in total. The molecule has 1 fully saturated rings. The molecule has 1 aliphatic rings. The molecule has 4 heteroatoms. The maximum Gasteiger partial charge on any atom is 0.0992 e. The Kier molecular flexibility index (Phi) is 4.19. The molecule has 0 aromatic heterocycles. The van der Waals surface area contributed by atoms with Gasteiger partial charge in [0.05, 0.1) is 17.7 Å². The van der Waals surface area contributed by atoms with Crippen LogP contribution in [0.1, 0.15) is 5.56 Å². The summed E-state index contributed by atoms with van der Waals surface area (Å²) in [4.78, 5) is 4.75. The molecule has 96 valence electrons. The van der Waals surface area contributed by atoms with E-state index in [1.165, 1.54) is 0 Å². The molecule has 1 unspecified atom stereocenters. The Balaban J connectivity index is 2.21. The Morgan fingerprint density at radius 3 is 3.00 bits per heavy atom. The van der Waals surface area contributed by atoms with Crippen LogP contribution in [0.3, 0.4) is 0 Å². The molecule has 0 saturated carbocycles. The first kappa shape index (κ1) is 12.9. The number of likely N-dealkylation sites (N-methyl/N-ethyl adjacent to an activating group) is 2. The van der Waals surface area contributed by atoms with Crippen molar-refractivity contribution in [3.63, 3.8) is 0 Å². The van der Waals surface area contributed by atoms with Crippen LogP contribution in [0.25, 0.3) is 0 Å². The standard InChI is InChI=1S/C14H20N4/c1-16-10-14-11-17(2)6-7-18(14)13-5-3-4-12(8-13)9-15/h3-5,8,14,16H,6-7,10-11H2,1-2H3. The minimum Gasteiger partial charge on any atom is -0.365 e. The van der Waals surface area contributed by atoms with Crippen LogP contribution in [0.2, 0.25) is 0 Å². The highest BCUT2D eigenvalue weighted by molar-refractivity contribution is 5.52. The second-order valence-corrected chi connectivity index (χ2v) is 4.83. The van der Waals surface area contributed by atoms with Gasteiger partial charge in [-0.25, -0.2) is 0 Å². The lowest BCUT2D eigenvalue weighted by Crippen LogP contribution is -2.55. The molecular weight excluding hydrogens is 224 g/mol. The third kappa shape index (κ3) is 2.81. The highest BCUT2D eigenvalue weighted by Crippen LogP contribution is 2.21. The SMILES string of the molecule is CNCC1CN(C)CCN1c1cccc(C#N)c1. The Morgan fingerprint density at radius 2 is 2.28 bits per heavy atom. The van der Waals surface area contributed by atoms with Gasteiger partial charge in [0, 0.05) is 31.9 Å². The Morgan fingerprint density at radius 1 is 1.44 bits per heavy atom. The van der Waals surface area contributed by atoms with Crippen LogP contribution in [0.15, 0.2) is 24.3 Å². The highest BCUT2D eigenvalue weighted by atomic mass is 15.3. The number of nitrogens with zero attached hydrogens (tertiary/aromatic N) is 3. The second-order valence-electron chi connectivity index (χ2n) is 4.83. The largest absolute Gasteiger partial charge is 0.365 e. The molecule has 1 aromatic carbocycles. The molecule has 1 atom stereocenters. The third-order valence-corrected chi connectivity index (χ3v) is 3.43. The van der Waals surface area contributed by atoms with E-state index < -0.39 is 0 Å². The number of hydrogen-bond donors (Lipinski definition) is 1. The van der Waals surface area contributed by atoms with Crippen LogP contribution in [-0.4, -0.2) is 51.2 Å². The predicted octanol–water partition coefficient (Wildman–Crippen LogP) is 0.898. The third-order valence-electron chi connectivity index (χ3n) is 3.43. The van der Waals surface area contributed by atoms with E-state index in [2.05, 4.69) is 34.3 Å². The maximum atomic E-state index is 8.98. The molecule has 1 N–H and O–H groups in total. The van der Waals surface area contributed by atoms with Gasteiger partial charge in [-0.05, 0) is 32.3 Å². The fraction of sp³-hybridized carbons (Fsp3) is 0.500. The van der Waals surface area contributed by atoms with Crippen LogP contribution < -0.4 is 10.2 Å². The Hall–Kier alpha value is -1.57. The lowest BCUT2D eigenvalue weighted by atomic mass is 10.1. The number of piperazine rings is 1. The van der Waals surface area contributed by atoms with Crippen LogP contribution in [0.5, 0.6) is 0 Å². The number of rotatable bonds is 3. The van der Waals surface area contributed by atoms with Gasteiger partial charge in [0.15, 0.2) is 0 Å². The van der Waals surface area contributed by atoms with Gasteiger partial charge in [-0.1, -0.05) is 6.07 Å². The van der Waals surface area contributed by atoms with E-state index in [9.17, 15) is 0 Å². The molecule has 0 aliphatic carbocycles. The van der Waals surface area contributed by atoms with Crippen molar-refractivity contribution in [1.82, 2.24) is 10.2 Å². The van der Waals surface area contributed by atoms with Crippen molar-refractivity contribution in [3.05, 3.63) is 29.8 Å². The van der Waals surface area contributed by atoms with Gasteiger partial charge >= 0.3 is 0 Å². The van der Waals surface area contributed by atoms with Gasteiger partial charge < -0.3 is 15.1 Å². The van der Waals surface area contributed by atoms with E-state index in [-0.39, 0.29) is 0 Å². The van der Waals surface area contributed by atoms with E-state index in [0.29, 0.717) is 6.04 Å². The number of hydrogen-bond acceptors (Lipinski definition) is 4. The minimum atomic E-state index is 0.461. The molecule has 0 bridgehead atoms. The summed E-state index contributed by atoms with van der Waals surface area (Å²) in [6.45, 7) is 4.09. The summed E-state index contributed by atoms with van der Waals surface area (Å²) in [6.07, 6.45) is 0. The molecule has 1 heterocycles. The van der Waals surface area contributed by atoms with Crippen molar-refractivity contribution in [2.24, 2.45) is 0 Å². The van der Waals surface area contributed by atoms with Gasteiger partial charge in [-0.15, -0.1) is 0 Å². The van der Waals surface area contributed by atoms with Gasteiger partial charge in [-0.2, -0.15) is 5.26 Å². The van der Waals surface area contributed by atoms with Crippen molar-refractivity contribution in [3.8, 4) is 6.07 Å². The number of anilines is 1. The summed E-state index contributed by atoms with van der Waals surface area (Å²) in [5.41, 5.74) is 1.89. The molecule has 0 spiro atoms. The number of nitrogens with one attached hydrogen (secondary N) is 1. The van der Waals surface area contributed by atoms with Crippen LogP contribution in [-0.2, 0) is 0 Å². The highest BCUT2D eigenvalue weighted by Gasteiger charge is 2.24. The van der Waals surface area contributed by atoms with Crippen LogP contribution in [0, 0.1) is 11.3 Å². The average molecular weight is 244 g/mol. The normalized spacial score (nSPS) is 20.7. The maximum absolute atomic E-state index is 8.98. The molecular formula is C14H20N4. The molecule has 0 radical (unpaired) electrons. The van der Waals surface area contributed by atoms with E-state index in [4.69, 9.17) is 5.26 Å². The van der Waals surface area contributed by atoms with Crippen molar-refractivity contribution in [2.45, 2.75) is 6.04 Å². The fourth-order valence-electron chi connectivity index (χ4n) is 2.52. The number of benzene rings is 1. The van der Waals surface area contributed by atoms with Crippen molar-refractivity contribution in [2.75, 3.05) is 45.2 Å². The molecule has 1 aliphatic heterocycles. The molecule has 1 aromatic rings. The molecule has 1 saturated heterocycles. The summed E-state index contributed by atoms with van der Waals surface area (Å²) < 4.78 is 0. The van der Waals surface area contributed by atoms with E-state index >= 15 is 0 Å². The smallest absolute Gasteiger partial charge is 0.0992 e. The minimum absolute atomic E-state index is 0.461. The van der Waals surface area contributed by atoms with Gasteiger partial charge in [0.2, 0.25) is 0 Å². The summed E-state index contributed by atoms with van der Waals surface area (Å²) in [5.74, 6) is 0. The van der Waals surface area contributed by atoms with Gasteiger partial charge in [0.1, 0.15) is 0 Å². The zero-order valence-electron chi connectivity index (χ0n) is 11.1. The van der Waals surface area contributed by atoms with Crippen LogP contribution >= 0.6 is 0 Å². The van der Waals surface area contributed by atoms with Crippen molar-refractivity contribution >= 4 is 5.69 Å². The first-order valence-corrected chi connectivity index (χ1v) is 6.34. The first-order valence-electron chi connectivity index (χ1n) is 6.34. The van der Waals surface area contributed by atoms with Crippen LogP contribution in [0.4, 0.5) is 5.69 Å². The van der Waals surface area contributed by atoms with E-state index in [1.54, 1.807) is 0 Å². The van der Waals surface area contributed by atoms with Gasteiger partial charge in [-0.3, -0.25) is 0 Å². The van der Waals surface area contributed by atoms with E-state index in [1.807, 2.05) is 25.2 Å². The zero-order chi connectivity index (χ0) is 13.0. The monoisotopic (exact) mass is 244 g/mol. The Bertz CT molecular complexity index is 438. The number of nitriles is 1. The molecule has 18 heavy (non-hydrogen) atoms. The molecule has 2 rings (SSSR count). The zero-order valence-corrected chi connectivity index (χ0v) is 11.1. The Labute approximate surface area is 109 Å². The topological polar surface area (TPSA) is 42.3 Å².